The summed E-state index contributed by atoms with van der Waals surface area (Å²) in [4.78, 5) is 24.5. The number of rotatable bonds is 11. The summed E-state index contributed by atoms with van der Waals surface area (Å²) in [5.74, 6) is 0.0833. The van der Waals surface area contributed by atoms with E-state index in [1.165, 1.54) is 13.3 Å². The number of aryl methyl sites for hydroxylation is 1. The molecule has 0 unspecified atom stereocenters. The van der Waals surface area contributed by atoms with Crippen molar-refractivity contribution >= 4 is 39.4 Å². The molecule has 0 bridgehead atoms. The average molecular weight is 525 g/mol. The Morgan fingerprint density at radius 1 is 1.00 bits per heavy atom. The van der Waals surface area contributed by atoms with Crippen LogP contribution in [0.25, 0.3) is 0 Å². The van der Waals surface area contributed by atoms with Crippen LogP contribution in [0.5, 0.6) is 11.5 Å². The van der Waals surface area contributed by atoms with Gasteiger partial charge in [0.05, 0.1) is 31.0 Å². The number of carbonyl (C=O) groups excluding carboxylic acids is 2. The standard InChI is InChI=1S/C26H28N4O6S/c1-19-7-6-8-21(15-19)30(37(3,33)34)17-25(31)29-27-16-20-11-13-22(14-12-20)36-18-26(32)28-23-9-4-5-10-24(23)35-2/h4-16H,17-18H2,1-3H3,(H,28,32)(H,29,31)/b27-16-. The van der Waals surface area contributed by atoms with Gasteiger partial charge in [0.2, 0.25) is 10.0 Å². The van der Waals surface area contributed by atoms with Crippen molar-refractivity contribution in [2.24, 2.45) is 5.10 Å². The van der Waals surface area contributed by atoms with E-state index in [1.54, 1.807) is 66.7 Å². The van der Waals surface area contributed by atoms with E-state index >= 15 is 0 Å². The van der Waals surface area contributed by atoms with Crippen molar-refractivity contribution in [1.82, 2.24) is 5.43 Å². The van der Waals surface area contributed by atoms with Crippen molar-refractivity contribution in [1.29, 1.82) is 0 Å². The summed E-state index contributed by atoms with van der Waals surface area (Å²) in [5, 5.41) is 6.62. The fourth-order valence-electron chi connectivity index (χ4n) is 3.26. The Morgan fingerprint density at radius 3 is 2.41 bits per heavy atom. The molecular formula is C26H28N4O6S. The minimum atomic E-state index is -3.67. The van der Waals surface area contributed by atoms with Gasteiger partial charge in [-0.05, 0) is 66.6 Å². The van der Waals surface area contributed by atoms with Crippen LogP contribution < -0.4 is 24.5 Å². The molecule has 0 saturated carbocycles. The van der Waals surface area contributed by atoms with E-state index in [0.29, 0.717) is 28.4 Å². The van der Waals surface area contributed by atoms with Gasteiger partial charge in [0.1, 0.15) is 18.0 Å². The minimum Gasteiger partial charge on any atom is -0.495 e. The van der Waals surface area contributed by atoms with Gasteiger partial charge in [-0.25, -0.2) is 13.8 Å². The molecule has 37 heavy (non-hydrogen) atoms. The van der Waals surface area contributed by atoms with Gasteiger partial charge < -0.3 is 14.8 Å². The summed E-state index contributed by atoms with van der Waals surface area (Å²) in [7, 11) is -2.15. The molecule has 0 saturated heterocycles. The molecule has 10 nitrogen and oxygen atoms in total. The number of nitrogens with zero attached hydrogens (tertiary/aromatic N) is 2. The van der Waals surface area contributed by atoms with Crippen molar-refractivity contribution in [2.45, 2.75) is 6.92 Å². The Bertz CT molecular complexity index is 1370. The Balaban J connectivity index is 1.50. The molecule has 2 amide bonds. The molecule has 3 rings (SSSR count). The number of sulfonamides is 1. The van der Waals surface area contributed by atoms with Gasteiger partial charge >= 0.3 is 0 Å². The molecule has 0 spiro atoms. The monoisotopic (exact) mass is 524 g/mol. The summed E-state index contributed by atoms with van der Waals surface area (Å²) in [5.41, 5.74) is 4.81. The second-order valence-electron chi connectivity index (χ2n) is 8.01. The molecule has 194 valence electrons. The van der Waals surface area contributed by atoms with Crippen LogP contribution in [0.15, 0.2) is 77.9 Å². The SMILES string of the molecule is COc1ccccc1NC(=O)COc1ccc(/C=N\NC(=O)CN(c2cccc(C)c2)S(C)(=O)=O)cc1. The Hall–Kier alpha value is -4.38. The van der Waals surface area contributed by atoms with E-state index in [-0.39, 0.29) is 12.5 Å². The zero-order valence-corrected chi connectivity index (χ0v) is 21.5. The predicted octanol–water partition coefficient (Wildman–Crippen LogP) is 2.94. The summed E-state index contributed by atoms with van der Waals surface area (Å²) in [6, 6.07) is 20.6. The van der Waals surface area contributed by atoms with Gasteiger partial charge in [-0.2, -0.15) is 5.10 Å². The second-order valence-corrected chi connectivity index (χ2v) is 9.91. The topological polar surface area (TPSA) is 126 Å². The highest BCUT2D eigenvalue weighted by molar-refractivity contribution is 7.92. The van der Waals surface area contributed by atoms with Crippen LogP contribution >= 0.6 is 0 Å². The highest BCUT2D eigenvalue weighted by Gasteiger charge is 2.20. The molecule has 0 aliphatic carbocycles. The van der Waals surface area contributed by atoms with Crippen molar-refractivity contribution in [3.63, 3.8) is 0 Å². The lowest BCUT2D eigenvalue weighted by atomic mass is 10.2. The second kappa shape index (κ2) is 12.5. The smallest absolute Gasteiger partial charge is 0.262 e. The van der Waals surface area contributed by atoms with Crippen molar-refractivity contribution in [3.8, 4) is 11.5 Å². The third-order valence-electron chi connectivity index (χ3n) is 5.01. The number of methoxy groups -OCH3 is 1. The third kappa shape index (κ3) is 8.36. The Morgan fingerprint density at radius 2 is 1.73 bits per heavy atom. The molecule has 0 fully saturated rings. The number of para-hydroxylation sites is 2. The quantitative estimate of drug-likeness (QED) is 0.293. The molecule has 2 N–H and O–H groups in total. The molecule has 0 radical (unpaired) electrons. The molecule has 0 aliphatic heterocycles. The van der Waals surface area contributed by atoms with Gasteiger partial charge in [0, 0.05) is 0 Å². The van der Waals surface area contributed by atoms with Gasteiger partial charge in [-0.3, -0.25) is 13.9 Å². The number of hydrogen-bond donors (Lipinski definition) is 2. The van der Waals surface area contributed by atoms with Crippen LogP contribution in [0.2, 0.25) is 0 Å². The molecule has 0 heterocycles. The summed E-state index contributed by atoms with van der Waals surface area (Å²) in [6.07, 6.45) is 2.45. The first-order chi connectivity index (χ1) is 17.7. The van der Waals surface area contributed by atoms with Gasteiger partial charge in [0.15, 0.2) is 6.61 Å². The van der Waals surface area contributed by atoms with Gasteiger partial charge in [0.25, 0.3) is 11.8 Å². The summed E-state index contributed by atoms with van der Waals surface area (Å²) < 4.78 is 36.1. The van der Waals surface area contributed by atoms with Crippen LogP contribution in [0.3, 0.4) is 0 Å². The average Bonchev–Trinajstić information content (AvgIpc) is 2.86. The fraction of sp³-hybridized carbons (Fsp3) is 0.192. The molecule has 3 aromatic rings. The highest BCUT2D eigenvalue weighted by Crippen LogP contribution is 2.23. The number of benzene rings is 3. The lowest BCUT2D eigenvalue weighted by Gasteiger charge is -2.21. The summed E-state index contributed by atoms with van der Waals surface area (Å²) >= 11 is 0. The zero-order valence-electron chi connectivity index (χ0n) is 20.7. The first-order valence-electron chi connectivity index (χ1n) is 11.2. The van der Waals surface area contributed by atoms with Crippen LogP contribution in [0.4, 0.5) is 11.4 Å². The van der Waals surface area contributed by atoms with Gasteiger partial charge in [-0.15, -0.1) is 0 Å². The Labute approximate surface area is 216 Å². The maximum Gasteiger partial charge on any atom is 0.262 e. The number of hydrazone groups is 1. The first kappa shape index (κ1) is 27.2. The largest absolute Gasteiger partial charge is 0.495 e. The van der Waals surface area contributed by atoms with Crippen molar-refractivity contribution in [2.75, 3.05) is 36.1 Å². The molecule has 0 aliphatic rings. The number of hydrogen-bond acceptors (Lipinski definition) is 7. The number of nitrogens with one attached hydrogen (secondary N) is 2. The zero-order chi connectivity index (χ0) is 26.8. The minimum absolute atomic E-state index is 0.195. The first-order valence-corrected chi connectivity index (χ1v) is 13.0. The number of anilines is 2. The van der Waals surface area contributed by atoms with Crippen LogP contribution in [0, 0.1) is 6.92 Å². The van der Waals surface area contributed by atoms with Gasteiger partial charge in [-0.1, -0.05) is 24.3 Å². The van der Waals surface area contributed by atoms with Crippen molar-refractivity contribution < 1.29 is 27.5 Å². The predicted molar refractivity (Wildman–Crippen MR) is 143 cm³/mol. The highest BCUT2D eigenvalue weighted by atomic mass is 32.2. The van der Waals surface area contributed by atoms with E-state index in [4.69, 9.17) is 9.47 Å². The van der Waals surface area contributed by atoms with E-state index in [9.17, 15) is 18.0 Å². The molecule has 11 heteroatoms. The van der Waals surface area contributed by atoms with E-state index in [1.807, 2.05) is 13.0 Å². The van der Waals surface area contributed by atoms with Crippen LogP contribution in [0.1, 0.15) is 11.1 Å². The van der Waals surface area contributed by atoms with E-state index in [0.717, 1.165) is 16.1 Å². The maximum atomic E-state index is 12.3. The molecule has 0 atom stereocenters. The van der Waals surface area contributed by atoms with E-state index < -0.39 is 22.5 Å². The fourth-order valence-corrected chi connectivity index (χ4v) is 4.11. The lowest BCUT2D eigenvalue weighted by Crippen LogP contribution is -2.39. The summed E-state index contributed by atoms with van der Waals surface area (Å²) in [6.45, 7) is 1.23. The molecule has 3 aromatic carbocycles. The van der Waals surface area contributed by atoms with Crippen molar-refractivity contribution in [3.05, 3.63) is 83.9 Å². The molecular weight excluding hydrogens is 496 g/mol. The normalized spacial score (nSPS) is 11.1. The number of ether oxygens (including phenoxy) is 2. The third-order valence-corrected chi connectivity index (χ3v) is 6.15. The maximum absolute atomic E-state index is 12.3. The molecule has 0 aromatic heterocycles. The van der Waals surface area contributed by atoms with Crippen LogP contribution in [-0.2, 0) is 19.6 Å². The number of carbonyl (C=O) groups is 2. The lowest BCUT2D eigenvalue weighted by molar-refractivity contribution is -0.119. The number of amides is 2. The Kier molecular flexibility index (Phi) is 9.22. The van der Waals surface area contributed by atoms with E-state index in [2.05, 4.69) is 15.8 Å². The van der Waals surface area contributed by atoms with Crippen LogP contribution in [-0.4, -0.2) is 53.0 Å².